The number of aromatic carboxylic acids is 1. The maximum absolute atomic E-state index is 15.6. The number of carboxylic acids is 1. The highest BCUT2D eigenvalue weighted by Gasteiger charge is 2.24. The molecule has 0 saturated carbocycles. The van der Waals surface area contributed by atoms with Crippen molar-refractivity contribution in [2.75, 3.05) is 6.61 Å². The largest absolute Gasteiger partial charge is 0.478 e. The summed E-state index contributed by atoms with van der Waals surface area (Å²) in [5.41, 5.74) is 2.52. The number of benzene rings is 3. The van der Waals surface area contributed by atoms with Crippen LogP contribution >= 0.6 is 11.6 Å². The highest BCUT2D eigenvalue weighted by molar-refractivity contribution is 6.30. The third-order valence-electron chi connectivity index (χ3n) is 8.37. The van der Waals surface area contributed by atoms with Crippen LogP contribution in [0.1, 0.15) is 44.9 Å². The van der Waals surface area contributed by atoms with Crippen molar-refractivity contribution in [3.63, 3.8) is 0 Å². The molecular formula is C37H27ClF3N5O4. The van der Waals surface area contributed by atoms with Gasteiger partial charge in [-0.2, -0.15) is 5.10 Å². The van der Waals surface area contributed by atoms with Gasteiger partial charge in [0.15, 0.2) is 0 Å². The van der Waals surface area contributed by atoms with Crippen molar-refractivity contribution in [3.8, 4) is 29.0 Å². The molecule has 0 spiro atoms. The molecule has 1 fully saturated rings. The lowest BCUT2D eigenvalue weighted by Crippen LogP contribution is -2.31. The molecule has 7 rings (SSSR count). The number of pyridine rings is 1. The number of ether oxygens (including phenoxy) is 2. The summed E-state index contributed by atoms with van der Waals surface area (Å²) < 4.78 is 60.6. The fourth-order valence-electron chi connectivity index (χ4n) is 5.55. The molecule has 0 bridgehead atoms. The lowest BCUT2D eigenvalue weighted by atomic mass is 10.0. The number of carboxylic acid groups (broad SMARTS) is 1. The van der Waals surface area contributed by atoms with Gasteiger partial charge in [-0.25, -0.2) is 27.9 Å². The molecule has 9 nitrogen and oxygen atoms in total. The first-order valence-corrected chi connectivity index (χ1v) is 15.9. The number of halogens is 4. The third-order valence-corrected chi connectivity index (χ3v) is 8.82. The maximum atomic E-state index is 15.6. The second-order valence-electron chi connectivity index (χ2n) is 11.7. The molecule has 6 aromatic rings. The van der Waals surface area contributed by atoms with Crippen LogP contribution in [0, 0.1) is 29.3 Å². The molecule has 50 heavy (non-hydrogen) atoms. The molecule has 1 unspecified atom stereocenters. The summed E-state index contributed by atoms with van der Waals surface area (Å²) in [5.74, 6) is 3.27. The van der Waals surface area contributed by atoms with E-state index < -0.39 is 23.4 Å². The predicted molar refractivity (Wildman–Crippen MR) is 178 cm³/mol. The molecule has 1 atom stereocenters. The van der Waals surface area contributed by atoms with E-state index in [1.54, 1.807) is 31.3 Å². The van der Waals surface area contributed by atoms with E-state index in [4.69, 9.17) is 21.1 Å². The molecule has 1 aliphatic rings. The smallest absolute Gasteiger partial charge is 0.335 e. The van der Waals surface area contributed by atoms with Crippen LogP contribution in [0.5, 0.6) is 5.88 Å². The Balaban J connectivity index is 1.08. The Morgan fingerprint density at radius 2 is 1.84 bits per heavy atom. The Morgan fingerprint density at radius 3 is 2.56 bits per heavy atom. The first kappa shape index (κ1) is 32.9. The van der Waals surface area contributed by atoms with Crippen molar-refractivity contribution < 1.29 is 32.5 Å². The highest BCUT2D eigenvalue weighted by Crippen LogP contribution is 2.29. The molecule has 4 heterocycles. The molecule has 0 radical (unpaired) electrons. The van der Waals surface area contributed by atoms with Crippen molar-refractivity contribution in [1.29, 1.82) is 0 Å². The van der Waals surface area contributed by atoms with Crippen LogP contribution in [0.4, 0.5) is 13.2 Å². The van der Waals surface area contributed by atoms with Crippen LogP contribution in [0.25, 0.3) is 22.3 Å². The zero-order valence-corrected chi connectivity index (χ0v) is 27.2. The second-order valence-corrected chi connectivity index (χ2v) is 12.1. The van der Waals surface area contributed by atoms with Gasteiger partial charge in [-0.15, -0.1) is 0 Å². The fourth-order valence-corrected chi connectivity index (χ4v) is 5.69. The van der Waals surface area contributed by atoms with Gasteiger partial charge < -0.3 is 19.1 Å². The number of fused-ring (bicyclic) bond motifs is 1. The normalized spacial score (nSPS) is 13.9. The van der Waals surface area contributed by atoms with E-state index in [1.807, 2.05) is 4.57 Å². The summed E-state index contributed by atoms with van der Waals surface area (Å²) >= 11 is 6.12. The van der Waals surface area contributed by atoms with Crippen LogP contribution in [0.3, 0.4) is 0 Å². The third kappa shape index (κ3) is 6.78. The molecule has 1 aliphatic heterocycles. The van der Waals surface area contributed by atoms with Crippen molar-refractivity contribution in [2.24, 2.45) is 7.05 Å². The average Bonchev–Trinajstić information content (AvgIpc) is 3.59. The number of aryl methyl sites for hydroxylation is 1. The van der Waals surface area contributed by atoms with Gasteiger partial charge in [0.25, 0.3) is 0 Å². The average molecular weight is 698 g/mol. The molecule has 0 aliphatic carbocycles. The van der Waals surface area contributed by atoms with Gasteiger partial charge in [0.2, 0.25) is 5.88 Å². The Bertz CT molecular complexity index is 2340. The van der Waals surface area contributed by atoms with E-state index in [1.165, 1.54) is 41.2 Å². The van der Waals surface area contributed by atoms with Gasteiger partial charge >= 0.3 is 5.97 Å². The van der Waals surface area contributed by atoms with Gasteiger partial charge in [0.1, 0.15) is 35.0 Å². The Hall–Kier alpha value is -5.64. The van der Waals surface area contributed by atoms with Gasteiger partial charge in [-0.3, -0.25) is 4.68 Å². The number of hydrogen-bond acceptors (Lipinski definition) is 6. The van der Waals surface area contributed by atoms with Crippen LogP contribution in [0.15, 0.2) is 72.9 Å². The van der Waals surface area contributed by atoms with Crippen LogP contribution < -0.4 is 4.74 Å². The van der Waals surface area contributed by atoms with Crippen molar-refractivity contribution >= 4 is 28.6 Å². The van der Waals surface area contributed by atoms with E-state index >= 15 is 8.78 Å². The lowest BCUT2D eigenvalue weighted by Gasteiger charge is -2.27. The van der Waals surface area contributed by atoms with E-state index in [2.05, 4.69) is 26.9 Å². The Labute approximate surface area is 288 Å². The summed E-state index contributed by atoms with van der Waals surface area (Å²) in [7, 11) is 1.69. The molecule has 1 saturated heterocycles. The minimum absolute atomic E-state index is 0.0451. The minimum atomic E-state index is -1.08. The molecule has 3 aromatic heterocycles. The fraction of sp³-hybridized carbons (Fsp3) is 0.189. The van der Waals surface area contributed by atoms with Gasteiger partial charge in [0, 0.05) is 42.8 Å². The van der Waals surface area contributed by atoms with Crippen molar-refractivity contribution in [1.82, 2.24) is 24.3 Å². The summed E-state index contributed by atoms with van der Waals surface area (Å²) in [6.07, 6.45) is 2.22. The van der Waals surface area contributed by atoms with Gasteiger partial charge in [-0.1, -0.05) is 35.6 Å². The summed E-state index contributed by atoms with van der Waals surface area (Å²) in [5, 5.41) is 13.9. The van der Waals surface area contributed by atoms with E-state index in [9.17, 15) is 14.3 Å². The van der Waals surface area contributed by atoms with Crippen LogP contribution in [-0.2, 0) is 31.4 Å². The molecule has 252 valence electrons. The minimum Gasteiger partial charge on any atom is -0.478 e. The SMILES string of the molecule is Cn1ncc(C#Cc2ccc(COc3cccc(-c4cc(F)c(Cc5nc6ccc(C(=O)O)cc6n5CC5CCO5)cc4F)n3)c(F)c2)c1Cl. The first-order chi connectivity index (χ1) is 24.1. The summed E-state index contributed by atoms with van der Waals surface area (Å²) in [6, 6.07) is 15.9. The quantitative estimate of drug-likeness (QED) is 0.163. The summed E-state index contributed by atoms with van der Waals surface area (Å²) in [4.78, 5) is 20.6. The lowest BCUT2D eigenvalue weighted by molar-refractivity contribution is -0.0589. The summed E-state index contributed by atoms with van der Waals surface area (Å²) in [6.45, 7) is 0.858. The van der Waals surface area contributed by atoms with E-state index in [0.29, 0.717) is 46.3 Å². The van der Waals surface area contributed by atoms with Crippen molar-refractivity contribution in [2.45, 2.75) is 32.1 Å². The zero-order chi connectivity index (χ0) is 34.9. The van der Waals surface area contributed by atoms with Gasteiger partial charge in [0.05, 0.1) is 46.7 Å². The first-order valence-electron chi connectivity index (χ1n) is 15.5. The standard InChI is InChI=1S/C37H27ClF3N5O4/c1-45-36(38)23(18-42-45)7-5-21-6-8-24(28(39)13-21)20-50-35-4-2-3-31(44-35)27-17-29(40)25(14-30(27)41)16-34-43-32-10-9-22(37(47)48)15-33(32)46(34)19-26-11-12-49-26/h2-4,6,8-10,13-15,17-18,26H,11-12,16,19-20H2,1H3,(H,47,48). The monoisotopic (exact) mass is 697 g/mol. The Kier molecular flexibility index (Phi) is 9.01. The number of hydrogen-bond donors (Lipinski definition) is 1. The molecule has 3 aromatic carbocycles. The van der Waals surface area contributed by atoms with E-state index in [0.717, 1.165) is 18.6 Å². The van der Waals surface area contributed by atoms with E-state index in [-0.39, 0.29) is 53.0 Å². The van der Waals surface area contributed by atoms with Crippen LogP contribution in [-0.4, -0.2) is 48.1 Å². The number of imidazole rings is 1. The maximum Gasteiger partial charge on any atom is 0.335 e. The number of nitrogens with zero attached hydrogens (tertiary/aromatic N) is 5. The topological polar surface area (TPSA) is 104 Å². The zero-order valence-electron chi connectivity index (χ0n) is 26.5. The Morgan fingerprint density at radius 1 is 1.02 bits per heavy atom. The van der Waals surface area contributed by atoms with Crippen LogP contribution in [0.2, 0.25) is 5.15 Å². The molecule has 13 heteroatoms. The van der Waals surface area contributed by atoms with Crippen molar-refractivity contribution in [3.05, 3.63) is 129 Å². The predicted octanol–water partition coefficient (Wildman–Crippen LogP) is 6.96. The number of aromatic nitrogens is 5. The second kappa shape index (κ2) is 13.7. The molecule has 0 amide bonds. The highest BCUT2D eigenvalue weighted by atomic mass is 35.5. The number of rotatable bonds is 9. The molecular weight excluding hydrogens is 671 g/mol. The van der Waals surface area contributed by atoms with Gasteiger partial charge in [-0.05, 0) is 60.5 Å². The molecule has 1 N–H and O–H groups in total. The number of carbonyl (C=O) groups is 1.